The van der Waals surface area contributed by atoms with E-state index in [-0.39, 0.29) is 0 Å². The molecule has 0 spiro atoms. The fraction of sp³-hybridized carbons (Fsp3) is 0.286. The van der Waals surface area contributed by atoms with Crippen LogP contribution in [0.5, 0.6) is 0 Å². The summed E-state index contributed by atoms with van der Waals surface area (Å²) in [7, 11) is 1.93. The van der Waals surface area contributed by atoms with Crippen molar-refractivity contribution in [2.75, 3.05) is 13.6 Å². The summed E-state index contributed by atoms with van der Waals surface area (Å²) in [6.07, 6.45) is 5.02. The number of aliphatic imine (C=N–C) groups is 1. The molecule has 0 saturated carbocycles. The predicted molar refractivity (Wildman–Crippen MR) is 83.3 cm³/mol. The highest BCUT2D eigenvalue weighted by Crippen LogP contribution is 2.25. The van der Waals surface area contributed by atoms with Crippen molar-refractivity contribution in [3.63, 3.8) is 0 Å². The van der Waals surface area contributed by atoms with Crippen molar-refractivity contribution in [1.29, 1.82) is 0 Å². The Balaban J connectivity index is 1.98. The Morgan fingerprint density at radius 2 is 2.10 bits per heavy atom. The Bertz CT molecular complexity index is 549. The highest BCUT2D eigenvalue weighted by molar-refractivity contribution is 6.37. The van der Waals surface area contributed by atoms with E-state index < -0.39 is 6.03 Å². The van der Waals surface area contributed by atoms with Crippen molar-refractivity contribution >= 4 is 41.1 Å². The molecule has 0 aromatic heterocycles. The number of rotatable bonds is 2. The van der Waals surface area contributed by atoms with Crippen molar-refractivity contribution < 1.29 is 4.79 Å². The van der Waals surface area contributed by atoms with E-state index in [4.69, 9.17) is 23.2 Å². The van der Waals surface area contributed by atoms with E-state index in [1.54, 1.807) is 24.3 Å². The van der Waals surface area contributed by atoms with Crippen molar-refractivity contribution in [3.8, 4) is 0 Å². The van der Waals surface area contributed by atoms with E-state index in [0.29, 0.717) is 15.6 Å². The topological polar surface area (TPSA) is 44.7 Å². The van der Waals surface area contributed by atoms with Gasteiger partial charge in [0.05, 0.1) is 0 Å². The maximum atomic E-state index is 11.7. The fourth-order valence-electron chi connectivity index (χ4n) is 1.95. The lowest BCUT2D eigenvalue weighted by molar-refractivity contribution is 0.252. The molecule has 0 radical (unpaired) electrons. The molecule has 1 fully saturated rings. The first kappa shape index (κ1) is 14.9. The Morgan fingerprint density at radius 1 is 1.40 bits per heavy atom. The number of halogens is 2. The quantitative estimate of drug-likeness (QED) is 0.903. The van der Waals surface area contributed by atoms with Gasteiger partial charge in [-0.1, -0.05) is 29.3 Å². The summed E-state index contributed by atoms with van der Waals surface area (Å²) in [5.41, 5.74) is 0.668. The second-order valence-electron chi connectivity index (χ2n) is 4.47. The molecule has 0 bridgehead atoms. The molecule has 2 amide bonds. The molecular weight excluding hydrogens is 297 g/mol. The Hall–Kier alpha value is -1.52. The maximum absolute atomic E-state index is 11.7. The van der Waals surface area contributed by atoms with Crippen LogP contribution in [0.3, 0.4) is 0 Å². The van der Waals surface area contributed by atoms with Crippen molar-refractivity contribution in [2.24, 2.45) is 4.99 Å². The summed E-state index contributed by atoms with van der Waals surface area (Å²) < 4.78 is 0. The molecule has 4 nitrogen and oxygen atoms in total. The number of nitrogens with one attached hydrogen (secondary N) is 1. The van der Waals surface area contributed by atoms with Gasteiger partial charge in [0.15, 0.2) is 0 Å². The molecule has 1 N–H and O–H groups in total. The van der Waals surface area contributed by atoms with Crippen LogP contribution in [0.25, 0.3) is 6.08 Å². The first-order valence-corrected chi connectivity index (χ1v) is 7.03. The number of carbonyl (C=O) groups is 1. The minimum absolute atomic E-state index is 0.395. The second-order valence-corrected chi connectivity index (χ2v) is 5.29. The third-order valence-corrected chi connectivity index (χ3v) is 3.68. The van der Waals surface area contributed by atoms with Gasteiger partial charge in [-0.05, 0) is 24.6 Å². The van der Waals surface area contributed by atoms with Gasteiger partial charge in [0, 0.05) is 41.8 Å². The Morgan fingerprint density at radius 3 is 2.70 bits per heavy atom. The minimum atomic E-state index is -0.395. The van der Waals surface area contributed by atoms with Crippen LogP contribution in [0.2, 0.25) is 10.0 Å². The zero-order chi connectivity index (χ0) is 14.5. The van der Waals surface area contributed by atoms with Crippen LogP contribution in [0.15, 0.2) is 29.4 Å². The molecule has 6 heteroatoms. The summed E-state index contributed by atoms with van der Waals surface area (Å²) in [6.45, 7) is 0.942. The van der Waals surface area contributed by atoms with Crippen molar-refractivity contribution in [1.82, 2.24) is 10.2 Å². The summed E-state index contributed by atoms with van der Waals surface area (Å²) in [5.74, 6) is 0.812. The molecule has 0 aliphatic carbocycles. The highest BCUT2D eigenvalue weighted by atomic mass is 35.5. The van der Waals surface area contributed by atoms with E-state index in [9.17, 15) is 4.79 Å². The Kier molecular flexibility index (Phi) is 5.04. The van der Waals surface area contributed by atoms with Crippen LogP contribution >= 0.6 is 23.2 Å². The molecule has 106 valence electrons. The van der Waals surface area contributed by atoms with Gasteiger partial charge in [-0.3, -0.25) is 0 Å². The van der Waals surface area contributed by atoms with Crippen LogP contribution in [-0.2, 0) is 0 Å². The summed E-state index contributed by atoms with van der Waals surface area (Å²) in [6, 6.07) is 4.85. The number of amidine groups is 1. The molecular formula is C14H15Cl2N3O. The van der Waals surface area contributed by atoms with Gasteiger partial charge in [-0.25, -0.2) is 4.79 Å². The molecule has 0 atom stereocenters. The largest absolute Gasteiger partial charge is 0.363 e. The normalized spacial score (nSPS) is 17.1. The Labute approximate surface area is 128 Å². The van der Waals surface area contributed by atoms with Gasteiger partial charge in [0.1, 0.15) is 5.84 Å². The van der Waals surface area contributed by atoms with E-state index in [2.05, 4.69) is 10.3 Å². The summed E-state index contributed by atoms with van der Waals surface area (Å²) in [4.78, 5) is 17.7. The molecule has 1 aliphatic rings. The molecule has 1 aromatic rings. The number of carbonyl (C=O) groups excluding carboxylic acids is 1. The van der Waals surface area contributed by atoms with Gasteiger partial charge < -0.3 is 10.2 Å². The highest BCUT2D eigenvalue weighted by Gasteiger charge is 2.15. The first-order valence-electron chi connectivity index (χ1n) is 6.27. The molecule has 1 heterocycles. The van der Waals surface area contributed by atoms with Gasteiger partial charge in [0.2, 0.25) is 0 Å². The first-order chi connectivity index (χ1) is 9.58. The van der Waals surface area contributed by atoms with Gasteiger partial charge in [-0.15, -0.1) is 0 Å². The van der Waals surface area contributed by atoms with Gasteiger partial charge in [0.25, 0.3) is 0 Å². The van der Waals surface area contributed by atoms with E-state index in [0.717, 1.165) is 25.2 Å². The lowest BCUT2D eigenvalue weighted by Gasteiger charge is -2.09. The number of hydrogen-bond donors (Lipinski definition) is 1. The van der Waals surface area contributed by atoms with E-state index in [1.807, 2.05) is 11.9 Å². The molecule has 0 unspecified atom stereocenters. The smallest absolute Gasteiger partial charge is 0.346 e. The van der Waals surface area contributed by atoms with Gasteiger partial charge in [-0.2, -0.15) is 4.99 Å². The molecule has 2 rings (SSSR count). The maximum Gasteiger partial charge on any atom is 0.346 e. The number of benzene rings is 1. The molecule has 1 saturated heterocycles. The van der Waals surface area contributed by atoms with Crippen LogP contribution < -0.4 is 5.32 Å². The number of nitrogens with zero attached hydrogens (tertiary/aromatic N) is 2. The fourth-order valence-corrected chi connectivity index (χ4v) is 2.47. The number of amides is 2. The van der Waals surface area contributed by atoms with Crippen molar-refractivity contribution in [2.45, 2.75) is 12.8 Å². The SMILES string of the molecule is CN1CCC/C1=N/C(=O)N/C=C/c1c(Cl)cccc1Cl. The minimum Gasteiger partial charge on any atom is -0.363 e. The summed E-state index contributed by atoms with van der Waals surface area (Å²) >= 11 is 12.0. The monoisotopic (exact) mass is 311 g/mol. The lowest BCUT2D eigenvalue weighted by Crippen LogP contribution is -2.23. The van der Waals surface area contributed by atoms with Crippen LogP contribution in [0.1, 0.15) is 18.4 Å². The average molecular weight is 312 g/mol. The predicted octanol–water partition coefficient (Wildman–Crippen LogP) is 3.80. The average Bonchev–Trinajstić information content (AvgIpc) is 2.79. The van der Waals surface area contributed by atoms with Crippen LogP contribution in [0, 0.1) is 0 Å². The second kappa shape index (κ2) is 6.77. The molecule has 1 aliphatic heterocycles. The number of urea groups is 1. The number of likely N-dealkylation sites (tertiary alicyclic amines) is 1. The summed E-state index contributed by atoms with van der Waals surface area (Å²) in [5, 5.41) is 3.65. The van der Waals surface area contributed by atoms with Crippen LogP contribution in [-0.4, -0.2) is 30.4 Å². The van der Waals surface area contributed by atoms with Crippen LogP contribution in [0.4, 0.5) is 4.79 Å². The third kappa shape index (κ3) is 3.74. The molecule has 20 heavy (non-hydrogen) atoms. The zero-order valence-electron chi connectivity index (χ0n) is 11.1. The molecule has 1 aromatic carbocycles. The van der Waals surface area contributed by atoms with E-state index >= 15 is 0 Å². The van der Waals surface area contributed by atoms with E-state index in [1.165, 1.54) is 6.20 Å². The third-order valence-electron chi connectivity index (χ3n) is 3.02. The standard InChI is InChI=1S/C14H15Cl2N3O/c1-19-9-3-6-13(19)18-14(20)17-8-7-10-11(15)4-2-5-12(10)16/h2,4-5,7-8H,3,6,9H2,1H3,(H,17,20)/b8-7+,18-13-. The lowest BCUT2D eigenvalue weighted by atomic mass is 10.2. The number of hydrogen-bond acceptors (Lipinski definition) is 1. The van der Waals surface area contributed by atoms with Crippen molar-refractivity contribution in [3.05, 3.63) is 40.0 Å². The zero-order valence-corrected chi connectivity index (χ0v) is 12.6. The van der Waals surface area contributed by atoms with Gasteiger partial charge >= 0.3 is 6.03 Å².